The fourth-order valence-electron chi connectivity index (χ4n) is 1.59. The van der Waals surface area contributed by atoms with Crippen LogP contribution in [0.15, 0.2) is 30.7 Å². The van der Waals surface area contributed by atoms with E-state index in [0.29, 0.717) is 24.7 Å². The second kappa shape index (κ2) is 6.31. The molecule has 0 spiro atoms. The monoisotopic (exact) mass is 280 g/mol. The number of hydrogen-bond acceptors (Lipinski definition) is 4. The van der Waals surface area contributed by atoms with Crippen LogP contribution < -0.4 is 5.32 Å². The average Bonchev–Trinajstić information content (AvgIpc) is 2.84. The topological polar surface area (TPSA) is 69.0 Å². The van der Waals surface area contributed by atoms with Crippen LogP contribution in [-0.4, -0.2) is 34.2 Å². The number of ether oxygens (including phenoxy) is 1. The van der Waals surface area contributed by atoms with Gasteiger partial charge in [0.25, 0.3) is 5.91 Å². The van der Waals surface area contributed by atoms with Gasteiger partial charge in [-0.1, -0.05) is 11.6 Å². The fourth-order valence-corrected chi connectivity index (χ4v) is 1.74. The molecule has 100 valence electrons. The molecule has 2 aromatic rings. The third kappa shape index (κ3) is 3.52. The molecule has 2 aromatic heterocycles. The lowest BCUT2D eigenvalue weighted by atomic mass is 10.4. The lowest BCUT2D eigenvalue weighted by Gasteiger charge is -2.08. The summed E-state index contributed by atoms with van der Waals surface area (Å²) in [5.41, 5.74) is 0.527. The number of nitrogens with one attached hydrogen (secondary N) is 1. The molecule has 0 aromatic carbocycles. The van der Waals surface area contributed by atoms with E-state index in [1.54, 1.807) is 23.8 Å². The fraction of sp³-hybridized carbons (Fsp3) is 0.250. The summed E-state index contributed by atoms with van der Waals surface area (Å²) >= 11 is 5.71. The summed E-state index contributed by atoms with van der Waals surface area (Å²) in [6.07, 6.45) is 4.66. The van der Waals surface area contributed by atoms with Crippen LogP contribution >= 0.6 is 11.6 Å². The highest BCUT2D eigenvalue weighted by Crippen LogP contribution is 2.09. The van der Waals surface area contributed by atoms with Crippen molar-refractivity contribution in [1.29, 1.82) is 0 Å². The van der Waals surface area contributed by atoms with Crippen LogP contribution in [-0.2, 0) is 11.3 Å². The van der Waals surface area contributed by atoms with Crippen LogP contribution in [0.1, 0.15) is 10.5 Å². The highest BCUT2D eigenvalue weighted by molar-refractivity contribution is 6.29. The van der Waals surface area contributed by atoms with E-state index in [4.69, 9.17) is 16.3 Å². The Labute approximate surface area is 115 Å². The first-order chi connectivity index (χ1) is 9.20. The van der Waals surface area contributed by atoms with Gasteiger partial charge in [0.2, 0.25) is 0 Å². The van der Waals surface area contributed by atoms with Gasteiger partial charge < -0.3 is 14.6 Å². The lowest BCUT2D eigenvalue weighted by Crippen LogP contribution is -2.18. The quantitative estimate of drug-likeness (QED) is 0.907. The summed E-state index contributed by atoms with van der Waals surface area (Å²) in [6, 6.07) is 3.52. The van der Waals surface area contributed by atoms with Crippen molar-refractivity contribution in [3.05, 3.63) is 41.6 Å². The number of halogens is 1. The van der Waals surface area contributed by atoms with Crippen LogP contribution in [0.5, 0.6) is 0 Å². The Morgan fingerprint density at radius 2 is 2.37 bits per heavy atom. The van der Waals surface area contributed by atoms with Gasteiger partial charge >= 0.3 is 0 Å². The highest BCUT2D eigenvalue weighted by Gasteiger charge is 2.11. The molecule has 0 fully saturated rings. The van der Waals surface area contributed by atoms with Crippen LogP contribution in [0.2, 0.25) is 5.15 Å². The molecule has 2 rings (SSSR count). The van der Waals surface area contributed by atoms with Crippen molar-refractivity contribution in [2.24, 2.45) is 0 Å². The van der Waals surface area contributed by atoms with E-state index in [1.165, 1.54) is 12.4 Å². The minimum absolute atomic E-state index is 0.229. The SMILES string of the molecule is COCCn1cccc1C(=O)Nc1cncc(Cl)n1. The Bertz CT molecular complexity index is 570. The van der Waals surface area contributed by atoms with Crippen molar-refractivity contribution < 1.29 is 9.53 Å². The van der Waals surface area contributed by atoms with Crippen LogP contribution in [0, 0.1) is 0 Å². The lowest BCUT2D eigenvalue weighted by molar-refractivity contribution is 0.101. The van der Waals surface area contributed by atoms with Gasteiger partial charge in [-0.25, -0.2) is 4.98 Å². The number of carbonyl (C=O) groups is 1. The maximum absolute atomic E-state index is 12.1. The number of rotatable bonds is 5. The van der Waals surface area contributed by atoms with Gasteiger partial charge in [-0.2, -0.15) is 0 Å². The molecule has 19 heavy (non-hydrogen) atoms. The van der Waals surface area contributed by atoms with E-state index in [9.17, 15) is 4.79 Å². The molecule has 0 atom stereocenters. The first-order valence-corrected chi connectivity index (χ1v) is 6.01. The molecular formula is C12H13ClN4O2. The van der Waals surface area contributed by atoms with Crippen molar-refractivity contribution in [3.8, 4) is 0 Å². The molecule has 1 N–H and O–H groups in total. The van der Waals surface area contributed by atoms with Crippen molar-refractivity contribution in [1.82, 2.24) is 14.5 Å². The van der Waals surface area contributed by atoms with E-state index in [-0.39, 0.29) is 11.1 Å². The van der Waals surface area contributed by atoms with Gasteiger partial charge in [-0.05, 0) is 12.1 Å². The molecule has 0 aliphatic rings. The van der Waals surface area contributed by atoms with Crippen molar-refractivity contribution >= 4 is 23.3 Å². The molecule has 2 heterocycles. The molecule has 1 amide bonds. The normalized spacial score (nSPS) is 10.4. The first-order valence-electron chi connectivity index (χ1n) is 5.63. The average molecular weight is 281 g/mol. The number of anilines is 1. The molecule has 0 bridgehead atoms. The van der Waals surface area contributed by atoms with Crippen molar-refractivity contribution in [2.75, 3.05) is 19.0 Å². The van der Waals surface area contributed by atoms with Gasteiger partial charge in [0.15, 0.2) is 5.82 Å². The smallest absolute Gasteiger partial charge is 0.273 e. The number of carbonyl (C=O) groups excluding carboxylic acids is 1. The molecule has 0 aliphatic heterocycles. The molecule has 6 nitrogen and oxygen atoms in total. The largest absolute Gasteiger partial charge is 0.383 e. The minimum atomic E-state index is -0.266. The zero-order valence-corrected chi connectivity index (χ0v) is 11.1. The summed E-state index contributed by atoms with van der Waals surface area (Å²) in [6.45, 7) is 1.14. The van der Waals surface area contributed by atoms with Gasteiger partial charge in [0.1, 0.15) is 10.8 Å². The van der Waals surface area contributed by atoms with E-state index in [1.807, 2.05) is 6.20 Å². The highest BCUT2D eigenvalue weighted by atomic mass is 35.5. The standard InChI is InChI=1S/C12H13ClN4O2/c1-19-6-5-17-4-2-3-9(17)12(18)16-11-8-14-7-10(13)15-11/h2-4,7-8H,5-6H2,1H3,(H,15,16,18). The van der Waals surface area contributed by atoms with Crippen LogP contribution in [0.3, 0.4) is 0 Å². The second-order valence-electron chi connectivity index (χ2n) is 3.76. The summed E-state index contributed by atoms with van der Waals surface area (Å²) in [5.74, 6) is 0.0506. The van der Waals surface area contributed by atoms with E-state index in [0.717, 1.165) is 0 Å². The van der Waals surface area contributed by atoms with E-state index >= 15 is 0 Å². The summed E-state index contributed by atoms with van der Waals surface area (Å²) in [5, 5.41) is 2.87. The molecule has 0 radical (unpaired) electrons. The zero-order chi connectivity index (χ0) is 13.7. The zero-order valence-electron chi connectivity index (χ0n) is 10.3. The summed E-state index contributed by atoms with van der Waals surface area (Å²) in [7, 11) is 1.62. The Hall–Kier alpha value is -1.92. The predicted molar refractivity (Wildman–Crippen MR) is 71.3 cm³/mol. The van der Waals surface area contributed by atoms with Gasteiger partial charge in [0.05, 0.1) is 19.0 Å². The predicted octanol–water partition coefficient (Wildman–Crippen LogP) is 1.83. The molecule has 0 saturated heterocycles. The first kappa shape index (κ1) is 13.5. The van der Waals surface area contributed by atoms with Gasteiger partial charge in [-0.15, -0.1) is 0 Å². The van der Waals surface area contributed by atoms with E-state index in [2.05, 4.69) is 15.3 Å². The van der Waals surface area contributed by atoms with Crippen molar-refractivity contribution in [2.45, 2.75) is 6.54 Å². The number of methoxy groups -OCH3 is 1. The number of hydrogen-bond donors (Lipinski definition) is 1. The molecule has 0 saturated carbocycles. The number of amides is 1. The molecule has 0 aliphatic carbocycles. The Morgan fingerprint density at radius 1 is 1.53 bits per heavy atom. The Balaban J connectivity index is 2.09. The van der Waals surface area contributed by atoms with Crippen LogP contribution in [0.4, 0.5) is 5.82 Å². The van der Waals surface area contributed by atoms with Crippen molar-refractivity contribution in [3.63, 3.8) is 0 Å². The third-order valence-electron chi connectivity index (χ3n) is 2.45. The summed E-state index contributed by atoms with van der Waals surface area (Å²) < 4.78 is 6.79. The van der Waals surface area contributed by atoms with Gasteiger partial charge in [-0.3, -0.25) is 9.78 Å². The Morgan fingerprint density at radius 3 is 3.11 bits per heavy atom. The minimum Gasteiger partial charge on any atom is -0.383 e. The number of nitrogens with zero attached hydrogens (tertiary/aromatic N) is 3. The third-order valence-corrected chi connectivity index (χ3v) is 2.63. The van der Waals surface area contributed by atoms with Crippen LogP contribution in [0.25, 0.3) is 0 Å². The Kier molecular flexibility index (Phi) is 4.48. The second-order valence-corrected chi connectivity index (χ2v) is 4.15. The number of aromatic nitrogens is 3. The molecule has 7 heteroatoms. The van der Waals surface area contributed by atoms with Gasteiger partial charge in [0, 0.05) is 19.9 Å². The molecular weight excluding hydrogens is 268 g/mol. The maximum atomic E-state index is 12.1. The summed E-state index contributed by atoms with van der Waals surface area (Å²) in [4.78, 5) is 19.9. The van der Waals surface area contributed by atoms with E-state index < -0.39 is 0 Å². The molecule has 0 unspecified atom stereocenters. The maximum Gasteiger partial charge on any atom is 0.273 e.